The van der Waals surface area contributed by atoms with Gasteiger partial charge in [0.05, 0.1) is 20.3 Å². The molecule has 2 aromatic rings. The van der Waals surface area contributed by atoms with Crippen molar-refractivity contribution in [3.8, 4) is 0 Å². The predicted molar refractivity (Wildman–Crippen MR) is 75.7 cm³/mol. The van der Waals surface area contributed by atoms with Crippen molar-refractivity contribution < 1.29 is 14.3 Å². The van der Waals surface area contributed by atoms with Crippen LogP contribution in [0.3, 0.4) is 0 Å². The molecule has 1 unspecified atom stereocenters. The van der Waals surface area contributed by atoms with Crippen molar-refractivity contribution in [1.82, 2.24) is 4.98 Å². The van der Waals surface area contributed by atoms with Gasteiger partial charge in [0.1, 0.15) is 5.82 Å². The topological polar surface area (TPSA) is 51.7 Å². The van der Waals surface area contributed by atoms with Gasteiger partial charge in [0.2, 0.25) is 0 Å². The number of nitrogens with zero attached hydrogens (tertiary/aromatic N) is 2. The molecular weight excluding hydrogens is 256 g/mol. The van der Waals surface area contributed by atoms with Crippen LogP contribution in [0.5, 0.6) is 0 Å². The van der Waals surface area contributed by atoms with Gasteiger partial charge in [-0.15, -0.1) is 0 Å². The summed E-state index contributed by atoms with van der Waals surface area (Å²) >= 11 is 0. The van der Waals surface area contributed by atoms with E-state index in [4.69, 9.17) is 9.47 Å². The van der Waals surface area contributed by atoms with Crippen LogP contribution in [0, 0.1) is 0 Å². The van der Waals surface area contributed by atoms with Crippen molar-refractivity contribution in [2.45, 2.75) is 6.04 Å². The van der Waals surface area contributed by atoms with Gasteiger partial charge < -0.3 is 14.4 Å². The van der Waals surface area contributed by atoms with Crippen LogP contribution in [0.4, 0.5) is 5.82 Å². The summed E-state index contributed by atoms with van der Waals surface area (Å²) in [5.41, 5.74) is 0. The van der Waals surface area contributed by atoms with Gasteiger partial charge >= 0.3 is 5.97 Å². The second-order valence-corrected chi connectivity index (χ2v) is 4.66. The number of morpholine rings is 1. The number of fused-ring (bicyclic) bond motifs is 1. The summed E-state index contributed by atoms with van der Waals surface area (Å²) in [6, 6.07) is 9.54. The van der Waals surface area contributed by atoms with Gasteiger partial charge in [-0.05, 0) is 11.5 Å². The Hall–Kier alpha value is -2.14. The second-order valence-electron chi connectivity index (χ2n) is 4.66. The van der Waals surface area contributed by atoms with E-state index in [0.29, 0.717) is 19.8 Å². The molecule has 1 atom stereocenters. The molecule has 1 fully saturated rings. The van der Waals surface area contributed by atoms with E-state index in [2.05, 4.69) is 4.98 Å². The molecule has 1 aromatic heterocycles. The molecule has 1 aliphatic heterocycles. The van der Waals surface area contributed by atoms with Gasteiger partial charge in [0, 0.05) is 18.1 Å². The molecule has 0 saturated carbocycles. The Balaban J connectivity index is 2.06. The summed E-state index contributed by atoms with van der Waals surface area (Å²) in [5, 5.41) is 2.14. The van der Waals surface area contributed by atoms with E-state index in [-0.39, 0.29) is 5.97 Å². The normalized spacial score (nSPS) is 19.1. The molecule has 0 spiro atoms. The lowest BCUT2D eigenvalue weighted by molar-refractivity contribution is -0.144. The van der Waals surface area contributed by atoms with Crippen LogP contribution in [0.15, 0.2) is 36.5 Å². The molecule has 3 rings (SSSR count). The van der Waals surface area contributed by atoms with Crippen LogP contribution in [0.1, 0.15) is 0 Å². The predicted octanol–water partition coefficient (Wildman–Crippen LogP) is 1.61. The van der Waals surface area contributed by atoms with E-state index in [1.165, 1.54) is 7.11 Å². The largest absolute Gasteiger partial charge is 0.467 e. The SMILES string of the molecule is COC(=O)C1COCCN1c1nccc2ccccc12. The number of benzene rings is 1. The first-order valence-corrected chi connectivity index (χ1v) is 6.57. The maximum absolute atomic E-state index is 11.9. The molecule has 1 saturated heterocycles. The molecule has 104 valence electrons. The van der Waals surface area contributed by atoms with Gasteiger partial charge in [-0.3, -0.25) is 0 Å². The lowest BCUT2D eigenvalue weighted by atomic mass is 10.1. The third kappa shape index (κ3) is 2.20. The number of carbonyl (C=O) groups excluding carboxylic acids is 1. The third-order valence-electron chi connectivity index (χ3n) is 3.53. The maximum Gasteiger partial charge on any atom is 0.330 e. The van der Waals surface area contributed by atoms with Gasteiger partial charge in [0.25, 0.3) is 0 Å². The molecule has 0 aliphatic carbocycles. The fourth-order valence-electron chi connectivity index (χ4n) is 2.52. The summed E-state index contributed by atoms with van der Waals surface area (Å²) in [6.07, 6.45) is 1.77. The van der Waals surface area contributed by atoms with Crippen molar-refractivity contribution in [2.75, 3.05) is 31.8 Å². The Morgan fingerprint density at radius 1 is 1.40 bits per heavy atom. The summed E-state index contributed by atoms with van der Waals surface area (Å²) < 4.78 is 10.3. The summed E-state index contributed by atoms with van der Waals surface area (Å²) in [6.45, 7) is 1.54. The molecule has 1 aromatic carbocycles. The van der Waals surface area contributed by atoms with Gasteiger partial charge in [0.15, 0.2) is 6.04 Å². The number of carbonyl (C=O) groups is 1. The quantitative estimate of drug-likeness (QED) is 0.777. The molecule has 20 heavy (non-hydrogen) atoms. The van der Waals surface area contributed by atoms with Crippen LogP contribution in [0.2, 0.25) is 0 Å². The zero-order valence-electron chi connectivity index (χ0n) is 11.3. The number of hydrogen-bond acceptors (Lipinski definition) is 5. The van der Waals surface area contributed by atoms with E-state index in [1.54, 1.807) is 6.20 Å². The highest BCUT2D eigenvalue weighted by molar-refractivity contribution is 5.94. The Morgan fingerprint density at radius 3 is 3.10 bits per heavy atom. The first kappa shape index (κ1) is 12.9. The van der Waals surface area contributed by atoms with Gasteiger partial charge in [-0.1, -0.05) is 24.3 Å². The molecule has 0 radical (unpaired) electrons. The van der Waals surface area contributed by atoms with Gasteiger partial charge in [-0.2, -0.15) is 0 Å². The fourth-order valence-corrected chi connectivity index (χ4v) is 2.52. The fraction of sp³-hybridized carbons (Fsp3) is 0.333. The van der Waals surface area contributed by atoms with E-state index in [1.807, 2.05) is 35.2 Å². The van der Waals surface area contributed by atoms with Gasteiger partial charge in [-0.25, -0.2) is 9.78 Å². The summed E-state index contributed by atoms with van der Waals surface area (Å²) in [4.78, 5) is 18.3. The smallest absolute Gasteiger partial charge is 0.330 e. The third-order valence-corrected chi connectivity index (χ3v) is 3.53. The van der Waals surface area contributed by atoms with E-state index < -0.39 is 6.04 Å². The molecule has 5 heteroatoms. The lowest BCUT2D eigenvalue weighted by Gasteiger charge is -2.35. The van der Waals surface area contributed by atoms with Crippen LogP contribution >= 0.6 is 0 Å². The minimum absolute atomic E-state index is 0.292. The molecule has 0 amide bonds. The van der Waals surface area contributed by atoms with Crippen LogP contribution in [-0.4, -0.2) is 43.9 Å². The standard InChI is InChI=1S/C15H16N2O3/c1-19-15(18)13-10-20-9-8-17(13)14-12-5-3-2-4-11(12)6-7-16-14/h2-7,13H,8-10H2,1H3. The molecule has 5 nitrogen and oxygen atoms in total. The van der Waals surface area contributed by atoms with Crippen molar-refractivity contribution in [3.63, 3.8) is 0 Å². The molecule has 0 bridgehead atoms. The first-order valence-electron chi connectivity index (χ1n) is 6.57. The van der Waals surface area contributed by atoms with Crippen molar-refractivity contribution in [3.05, 3.63) is 36.5 Å². The molecule has 2 heterocycles. The number of rotatable bonds is 2. The number of esters is 1. The average Bonchev–Trinajstić information content (AvgIpc) is 2.53. The number of methoxy groups -OCH3 is 1. The zero-order chi connectivity index (χ0) is 13.9. The minimum Gasteiger partial charge on any atom is -0.467 e. The Kier molecular flexibility index (Phi) is 3.52. The van der Waals surface area contributed by atoms with Crippen LogP contribution < -0.4 is 4.90 Å². The summed E-state index contributed by atoms with van der Waals surface area (Å²) in [5.74, 6) is 0.515. The Morgan fingerprint density at radius 2 is 2.25 bits per heavy atom. The number of hydrogen-bond donors (Lipinski definition) is 0. The highest BCUT2D eigenvalue weighted by atomic mass is 16.5. The zero-order valence-corrected chi connectivity index (χ0v) is 11.3. The molecular formula is C15H16N2O3. The van der Waals surface area contributed by atoms with Crippen molar-refractivity contribution in [1.29, 1.82) is 0 Å². The maximum atomic E-state index is 11.9. The minimum atomic E-state index is -0.438. The highest BCUT2D eigenvalue weighted by Gasteiger charge is 2.31. The second kappa shape index (κ2) is 5.46. The Bertz CT molecular complexity index is 624. The molecule has 1 aliphatic rings. The number of pyridine rings is 1. The average molecular weight is 272 g/mol. The van der Waals surface area contributed by atoms with E-state index in [0.717, 1.165) is 16.6 Å². The number of anilines is 1. The van der Waals surface area contributed by atoms with E-state index in [9.17, 15) is 4.79 Å². The first-order chi connectivity index (χ1) is 9.81. The van der Waals surface area contributed by atoms with E-state index >= 15 is 0 Å². The summed E-state index contributed by atoms with van der Waals surface area (Å²) in [7, 11) is 1.39. The highest BCUT2D eigenvalue weighted by Crippen LogP contribution is 2.27. The number of aromatic nitrogens is 1. The van der Waals surface area contributed by atoms with Crippen molar-refractivity contribution in [2.24, 2.45) is 0 Å². The lowest BCUT2D eigenvalue weighted by Crippen LogP contribution is -2.51. The Labute approximate surface area is 117 Å². The van der Waals surface area contributed by atoms with Crippen LogP contribution in [-0.2, 0) is 14.3 Å². The van der Waals surface area contributed by atoms with Crippen LogP contribution in [0.25, 0.3) is 10.8 Å². The van der Waals surface area contributed by atoms with Crippen molar-refractivity contribution >= 4 is 22.6 Å². The molecule has 0 N–H and O–H groups in total. The monoisotopic (exact) mass is 272 g/mol. The number of ether oxygens (including phenoxy) is 2.